The lowest BCUT2D eigenvalue weighted by Gasteiger charge is -2.12. The molecule has 13 heavy (non-hydrogen) atoms. The third kappa shape index (κ3) is 5.13. The molecule has 0 aromatic heterocycles. The maximum absolute atomic E-state index is 5.62. The number of thiocarbonyl (C=S) groups is 1. The summed E-state index contributed by atoms with van der Waals surface area (Å²) >= 11 is 8.46. The first-order valence-corrected chi connectivity index (χ1v) is 7.19. The van der Waals surface area contributed by atoms with E-state index < -0.39 is 0 Å². The highest BCUT2D eigenvalue weighted by atomic mass is 32.2. The first kappa shape index (κ1) is 11.7. The molecule has 75 valence electrons. The number of hydrogen-bond acceptors (Lipinski definition) is 4. The molecule has 1 saturated carbocycles. The number of thioether (sulfide) groups is 2. The molecule has 0 aliphatic heterocycles. The molecule has 1 fully saturated rings. The SMILES string of the molecule is CS[CH]CSC(=S)OC1CCCC1. The molecule has 1 aliphatic rings. The average Bonchev–Trinajstić information content (AvgIpc) is 2.57. The Balaban J connectivity index is 2.02. The van der Waals surface area contributed by atoms with Gasteiger partial charge in [-0.25, -0.2) is 0 Å². The molecule has 0 bridgehead atoms. The lowest BCUT2D eigenvalue weighted by atomic mass is 10.3. The van der Waals surface area contributed by atoms with Crippen molar-refractivity contribution in [3.05, 3.63) is 5.75 Å². The number of ether oxygens (including phenoxy) is 1. The van der Waals surface area contributed by atoms with Gasteiger partial charge in [-0.05, 0) is 44.2 Å². The highest BCUT2D eigenvalue weighted by Crippen LogP contribution is 2.23. The van der Waals surface area contributed by atoms with Gasteiger partial charge in [-0.15, -0.1) is 0 Å². The van der Waals surface area contributed by atoms with Crippen LogP contribution in [0.1, 0.15) is 25.7 Å². The second kappa shape index (κ2) is 6.96. The largest absolute Gasteiger partial charge is 0.475 e. The lowest BCUT2D eigenvalue weighted by Crippen LogP contribution is -2.10. The Hall–Kier alpha value is 0.590. The summed E-state index contributed by atoms with van der Waals surface area (Å²) in [6.07, 6.45) is 7.44. The molecule has 1 nitrogen and oxygen atoms in total. The highest BCUT2D eigenvalue weighted by Gasteiger charge is 2.17. The van der Waals surface area contributed by atoms with Gasteiger partial charge in [-0.3, -0.25) is 0 Å². The molecular formula is C9H15OS3. The Labute approximate surface area is 94.4 Å². The van der Waals surface area contributed by atoms with Crippen molar-refractivity contribution in [3.63, 3.8) is 0 Å². The fourth-order valence-corrected chi connectivity index (χ4v) is 2.84. The fourth-order valence-electron chi connectivity index (χ4n) is 1.35. The van der Waals surface area contributed by atoms with Crippen LogP contribution >= 0.6 is 35.7 Å². The summed E-state index contributed by atoms with van der Waals surface area (Å²) in [6.45, 7) is 0. The van der Waals surface area contributed by atoms with Gasteiger partial charge in [0, 0.05) is 11.5 Å². The summed E-state index contributed by atoms with van der Waals surface area (Å²) in [5.41, 5.74) is 0. The third-order valence-electron chi connectivity index (χ3n) is 2.00. The number of hydrogen-bond donors (Lipinski definition) is 0. The van der Waals surface area contributed by atoms with E-state index in [-0.39, 0.29) is 0 Å². The predicted molar refractivity (Wildman–Crippen MR) is 66.2 cm³/mol. The van der Waals surface area contributed by atoms with Crippen LogP contribution in [0.15, 0.2) is 0 Å². The Kier molecular flexibility index (Phi) is 6.24. The minimum Gasteiger partial charge on any atom is -0.475 e. The minimum absolute atomic E-state index is 0.411. The van der Waals surface area contributed by atoms with Crippen molar-refractivity contribution >= 4 is 40.1 Å². The normalized spacial score (nSPS) is 17.6. The van der Waals surface area contributed by atoms with Crippen LogP contribution in [0, 0.1) is 5.75 Å². The molecule has 1 aliphatic carbocycles. The van der Waals surface area contributed by atoms with E-state index in [0.29, 0.717) is 6.10 Å². The standard InChI is InChI=1S/C9H15OS3/c1-12-6-7-13-9(11)10-8-4-2-3-5-8/h6,8H,2-5,7H2,1H3. The minimum atomic E-state index is 0.411. The zero-order valence-corrected chi connectivity index (χ0v) is 10.3. The van der Waals surface area contributed by atoms with E-state index in [0.717, 1.165) is 10.1 Å². The maximum Gasteiger partial charge on any atom is 0.220 e. The molecule has 0 N–H and O–H groups in total. The Morgan fingerprint density at radius 2 is 2.23 bits per heavy atom. The van der Waals surface area contributed by atoms with Crippen LogP contribution in [0.25, 0.3) is 0 Å². The van der Waals surface area contributed by atoms with Crippen LogP contribution in [-0.2, 0) is 4.74 Å². The van der Waals surface area contributed by atoms with Crippen molar-refractivity contribution < 1.29 is 4.74 Å². The molecule has 1 radical (unpaired) electrons. The van der Waals surface area contributed by atoms with Crippen molar-refractivity contribution in [2.45, 2.75) is 31.8 Å². The van der Waals surface area contributed by atoms with E-state index in [2.05, 4.69) is 12.0 Å². The van der Waals surface area contributed by atoms with Crippen LogP contribution in [0.3, 0.4) is 0 Å². The van der Waals surface area contributed by atoms with E-state index in [9.17, 15) is 0 Å². The molecule has 0 atom stereocenters. The zero-order valence-electron chi connectivity index (χ0n) is 7.82. The summed E-state index contributed by atoms with van der Waals surface area (Å²) in [7, 11) is 0. The first-order chi connectivity index (χ1) is 6.33. The van der Waals surface area contributed by atoms with Crippen molar-refractivity contribution in [1.29, 1.82) is 0 Å². The van der Waals surface area contributed by atoms with Gasteiger partial charge in [0.2, 0.25) is 4.38 Å². The summed E-state index contributed by atoms with van der Waals surface area (Å²) in [4.78, 5) is 0. The molecular weight excluding hydrogens is 220 g/mol. The van der Waals surface area contributed by atoms with E-state index in [1.807, 2.05) is 0 Å². The maximum atomic E-state index is 5.62. The van der Waals surface area contributed by atoms with Gasteiger partial charge in [0.25, 0.3) is 0 Å². The second-order valence-electron chi connectivity index (χ2n) is 2.99. The van der Waals surface area contributed by atoms with E-state index in [1.54, 1.807) is 23.5 Å². The molecule has 0 aromatic carbocycles. The third-order valence-corrected chi connectivity index (χ3v) is 3.83. The van der Waals surface area contributed by atoms with Crippen molar-refractivity contribution in [3.8, 4) is 0 Å². The Morgan fingerprint density at radius 3 is 2.85 bits per heavy atom. The van der Waals surface area contributed by atoms with Gasteiger partial charge in [-0.1, -0.05) is 11.8 Å². The van der Waals surface area contributed by atoms with Crippen LogP contribution in [0.4, 0.5) is 0 Å². The van der Waals surface area contributed by atoms with Crippen molar-refractivity contribution in [2.24, 2.45) is 0 Å². The van der Waals surface area contributed by atoms with E-state index >= 15 is 0 Å². The van der Waals surface area contributed by atoms with Gasteiger partial charge < -0.3 is 4.74 Å². The average molecular weight is 235 g/mol. The van der Waals surface area contributed by atoms with Crippen LogP contribution in [0.2, 0.25) is 0 Å². The first-order valence-electron chi connectivity index (χ1n) is 4.51. The van der Waals surface area contributed by atoms with Gasteiger partial charge in [0.1, 0.15) is 6.10 Å². The highest BCUT2D eigenvalue weighted by molar-refractivity contribution is 8.23. The molecule has 0 saturated heterocycles. The fraction of sp³-hybridized carbons (Fsp3) is 0.778. The molecule has 0 unspecified atom stereocenters. The summed E-state index contributed by atoms with van der Waals surface area (Å²) in [5, 5.41) is 0. The topological polar surface area (TPSA) is 9.23 Å². The Morgan fingerprint density at radius 1 is 1.54 bits per heavy atom. The van der Waals surface area contributed by atoms with Crippen molar-refractivity contribution in [2.75, 3.05) is 12.0 Å². The summed E-state index contributed by atoms with van der Waals surface area (Å²) in [5.74, 6) is 3.09. The summed E-state index contributed by atoms with van der Waals surface area (Å²) in [6, 6.07) is 0. The van der Waals surface area contributed by atoms with Gasteiger partial charge in [-0.2, -0.15) is 11.8 Å². The second-order valence-corrected chi connectivity index (χ2v) is 5.41. The smallest absolute Gasteiger partial charge is 0.220 e. The van der Waals surface area contributed by atoms with Crippen LogP contribution in [0.5, 0.6) is 0 Å². The quantitative estimate of drug-likeness (QED) is 0.544. The molecule has 0 heterocycles. The predicted octanol–water partition coefficient (Wildman–Crippen LogP) is 3.49. The molecule has 0 aromatic rings. The lowest BCUT2D eigenvalue weighted by molar-refractivity contribution is 0.209. The van der Waals surface area contributed by atoms with Gasteiger partial charge in [0.15, 0.2) is 0 Å². The molecule has 1 rings (SSSR count). The van der Waals surface area contributed by atoms with Gasteiger partial charge in [0.05, 0.1) is 0 Å². The zero-order chi connectivity index (χ0) is 9.52. The molecule has 0 amide bonds. The van der Waals surface area contributed by atoms with E-state index in [1.165, 1.54) is 25.7 Å². The van der Waals surface area contributed by atoms with Crippen LogP contribution in [-0.4, -0.2) is 22.5 Å². The van der Waals surface area contributed by atoms with E-state index in [4.69, 9.17) is 17.0 Å². The number of rotatable bonds is 4. The van der Waals surface area contributed by atoms with Crippen molar-refractivity contribution in [1.82, 2.24) is 0 Å². The Bertz CT molecular complexity index is 155. The monoisotopic (exact) mass is 235 g/mol. The van der Waals surface area contributed by atoms with Gasteiger partial charge >= 0.3 is 0 Å². The van der Waals surface area contributed by atoms with Crippen LogP contribution < -0.4 is 0 Å². The molecule has 0 spiro atoms. The molecule has 4 heteroatoms. The summed E-state index contributed by atoms with van der Waals surface area (Å²) < 4.78 is 6.34.